The van der Waals surface area contributed by atoms with Crippen LogP contribution in [0.15, 0.2) is 66.7 Å². The first kappa shape index (κ1) is 21.3. The lowest BCUT2D eigenvalue weighted by Crippen LogP contribution is -2.52. The van der Waals surface area contributed by atoms with Crippen LogP contribution in [-0.4, -0.2) is 37.6 Å². The van der Waals surface area contributed by atoms with Crippen LogP contribution in [0.1, 0.15) is 29.2 Å². The fourth-order valence-corrected chi connectivity index (χ4v) is 4.03. The van der Waals surface area contributed by atoms with Crippen molar-refractivity contribution in [3.63, 3.8) is 0 Å². The topological polar surface area (TPSA) is 79.6 Å². The summed E-state index contributed by atoms with van der Waals surface area (Å²) in [5, 5.41) is 9.12. The molecule has 0 N–H and O–H groups in total. The highest BCUT2D eigenvalue weighted by atomic mass is 16.5. The van der Waals surface area contributed by atoms with Crippen molar-refractivity contribution in [2.75, 3.05) is 20.8 Å². The Balaban J connectivity index is 2.05. The lowest BCUT2D eigenvalue weighted by Gasteiger charge is -2.45. The van der Waals surface area contributed by atoms with Crippen molar-refractivity contribution in [1.29, 1.82) is 5.26 Å². The van der Waals surface area contributed by atoms with Crippen molar-refractivity contribution in [2.24, 2.45) is 5.41 Å². The van der Waals surface area contributed by atoms with Crippen LogP contribution in [0, 0.1) is 16.7 Å². The van der Waals surface area contributed by atoms with Crippen LogP contribution >= 0.6 is 0 Å². The second kappa shape index (κ2) is 8.93. The van der Waals surface area contributed by atoms with Gasteiger partial charge in [-0.1, -0.05) is 49.0 Å². The molecule has 154 valence electrons. The Labute approximate surface area is 176 Å². The molecule has 0 radical (unpaired) electrons. The molecule has 1 heterocycles. The van der Waals surface area contributed by atoms with Gasteiger partial charge in [0, 0.05) is 19.1 Å². The monoisotopic (exact) mass is 404 g/mol. The van der Waals surface area contributed by atoms with E-state index in [0.717, 1.165) is 11.1 Å². The highest BCUT2D eigenvalue weighted by Gasteiger charge is 2.55. The molecule has 30 heavy (non-hydrogen) atoms. The van der Waals surface area contributed by atoms with Gasteiger partial charge in [-0.2, -0.15) is 5.26 Å². The maximum Gasteiger partial charge on any atom is 0.327 e. The molecule has 0 spiro atoms. The van der Waals surface area contributed by atoms with Crippen LogP contribution in [0.4, 0.5) is 0 Å². The Hall–Kier alpha value is -3.43. The lowest BCUT2D eigenvalue weighted by molar-refractivity contribution is -0.169. The number of nitriles is 1. The number of carbonyl (C=O) groups excluding carboxylic acids is 2. The van der Waals surface area contributed by atoms with E-state index in [-0.39, 0.29) is 12.5 Å². The summed E-state index contributed by atoms with van der Waals surface area (Å²) >= 11 is 0. The zero-order valence-corrected chi connectivity index (χ0v) is 17.1. The number of piperidine rings is 1. The van der Waals surface area contributed by atoms with E-state index in [0.29, 0.717) is 24.2 Å². The summed E-state index contributed by atoms with van der Waals surface area (Å²) in [4.78, 5) is 27.8. The van der Waals surface area contributed by atoms with Gasteiger partial charge in [0.05, 0.1) is 25.9 Å². The number of esters is 2. The Morgan fingerprint density at radius 1 is 1.10 bits per heavy atom. The van der Waals surface area contributed by atoms with Gasteiger partial charge in [0.15, 0.2) is 5.41 Å². The Bertz CT molecular complexity index is 961. The number of likely N-dealkylation sites (tertiary alicyclic amines) is 1. The van der Waals surface area contributed by atoms with E-state index in [4.69, 9.17) is 14.7 Å². The summed E-state index contributed by atoms with van der Waals surface area (Å²) in [5.74, 6) is -1.34. The molecule has 0 saturated carbocycles. The van der Waals surface area contributed by atoms with Crippen molar-refractivity contribution in [1.82, 2.24) is 4.90 Å². The maximum absolute atomic E-state index is 12.8. The van der Waals surface area contributed by atoms with Gasteiger partial charge < -0.3 is 9.47 Å². The van der Waals surface area contributed by atoms with Crippen LogP contribution in [0.2, 0.25) is 0 Å². The third kappa shape index (κ3) is 3.85. The highest BCUT2D eigenvalue weighted by Crippen LogP contribution is 2.46. The maximum atomic E-state index is 12.8. The van der Waals surface area contributed by atoms with Gasteiger partial charge in [-0.05, 0) is 35.3 Å². The van der Waals surface area contributed by atoms with E-state index >= 15 is 0 Å². The second-order valence-electron chi connectivity index (χ2n) is 7.34. The molecule has 3 rings (SSSR count). The number of nitrogens with zero attached hydrogens (tertiary/aromatic N) is 2. The highest BCUT2D eigenvalue weighted by molar-refractivity contribution is 6.03. The summed E-state index contributed by atoms with van der Waals surface area (Å²) < 4.78 is 10.00. The van der Waals surface area contributed by atoms with Crippen LogP contribution in [0.5, 0.6) is 0 Å². The first-order chi connectivity index (χ1) is 14.5. The molecule has 0 aromatic heterocycles. The minimum atomic E-state index is -1.57. The average molecular weight is 404 g/mol. The largest absolute Gasteiger partial charge is 0.468 e. The minimum Gasteiger partial charge on any atom is -0.468 e. The normalized spacial score (nSPS) is 18.3. The number of rotatable bonds is 5. The molecule has 1 aliphatic rings. The molecule has 1 fully saturated rings. The Morgan fingerprint density at radius 2 is 1.70 bits per heavy atom. The summed E-state index contributed by atoms with van der Waals surface area (Å²) in [5.41, 5.74) is 1.42. The Morgan fingerprint density at radius 3 is 2.23 bits per heavy atom. The second-order valence-corrected chi connectivity index (χ2v) is 7.34. The number of carbonyl (C=O) groups is 2. The van der Waals surface area contributed by atoms with Gasteiger partial charge >= 0.3 is 11.9 Å². The Kier molecular flexibility index (Phi) is 6.34. The molecule has 2 aromatic carbocycles. The van der Waals surface area contributed by atoms with Gasteiger partial charge in [0.2, 0.25) is 0 Å². The molecule has 0 bridgehead atoms. The van der Waals surface area contributed by atoms with Crippen LogP contribution in [0.25, 0.3) is 0 Å². The van der Waals surface area contributed by atoms with E-state index in [1.165, 1.54) is 14.2 Å². The molecule has 1 saturated heterocycles. The molecular formula is C24H24N2O4. The molecule has 0 aliphatic carbocycles. The van der Waals surface area contributed by atoms with Gasteiger partial charge in [0.1, 0.15) is 0 Å². The number of benzene rings is 2. The van der Waals surface area contributed by atoms with Gasteiger partial charge in [0.25, 0.3) is 0 Å². The van der Waals surface area contributed by atoms with Crippen molar-refractivity contribution in [2.45, 2.75) is 19.0 Å². The van der Waals surface area contributed by atoms with Gasteiger partial charge in [-0.3, -0.25) is 14.5 Å². The molecule has 1 unspecified atom stereocenters. The van der Waals surface area contributed by atoms with Crippen molar-refractivity contribution in [3.05, 3.63) is 83.4 Å². The zero-order chi connectivity index (χ0) is 21.7. The average Bonchev–Trinajstić information content (AvgIpc) is 2.79. The van der Waals surface area contributed by atoms with Gasteiger partial charge in [-0.25, -0.2) is 0 Å². The standard InChI is InChI=1S/C24H24N2O4/c1-17-15-26(16-19-7-5-4-6-8-19)21(20-11-9-18(14-25)10-12-20)13-24(17,22(27)29-2)23(28)30-3/h4-12,21H,1,13,15-16H2,2-3H3. The van der Waals surface area contributed by atoms with Crippen molar-refractivity contribution in [3.8, 4) is 6.07 Å². The van der Waals surface area contributed by atoms with Crippen LogP contribution in [0.3, 0.4) is 0 Å². The third-order valence-corrected chi connectivity index (χ3v) is 5.66. The molecule has 6 heteroatoms. The van der Waals surface area contributed by atoms with E-state index in [2.05, 4.69) is 17.5 Å². The predicted molar refractivity (Wildman–Crippen MR) is 111 cm³/mol. The predicted octanol–water partition coefficient (Wildman–Crippen LogP) is 3.39. The smallest absolute Gasteiger partial charge is 0.327 e. The summed E-state index contributed by atoms with van der Waals surface area (Å²) in [6, 6.07) is 19.0. The molecule has 1 atom stereocenters. The fourth-order valence-electron chi connectivity index (χ4n) is 4.03. The number of hydrogen-bond acceptors (Lipinski definition) is 6. The van der Waals surface area contributed by atoms with Crippen LogP contribution in [-0.2, 0) is 25.6 Å². The van der Waals surface area contributed by atoms with Crippen molar-refractivity contribution < 1.29 is 19.1 Å². The van der Waals surface area contributed by atoms with E-state index in [9.17, 15) is 9.59 Å². The lowest BCUT2D eigenvalue weighted by atomic mass is 9.70. The summed E-state index contributed by atoms with van der Waals surface area (Å²) in [7, 11) is 2.51. The molecule has 6 nitrogen and oxygen atoms in total. The van der Waals surface area contributed by atoms with E-state index in [1.54, 1.807) is 12.1 Å². The molecule has 1 aliphatic heterocycles. The number of ether oxygens (including phenoxy) is 2. The quantitative estimate of drug-likeness (QED) is 0.432. The first-order valence-corrected chi connectivity index (χ1v) is 9.59. The zero-order valence-electron chi connectivity index (χ0n) is 17.1. The van der Waals surface area contributed by atoms with E-state index in [1.807, 2.05) is 42.5 Å². The fraction of sp³-hybridized carbons (Fsp3) is 0.292. The third-order valence-electron chi connectivity index (χ3n) is 5.66. The molecule has 0 amide bonds. The molecule has 2 aromatic rings. The van der Waals surface area contributed by atoms with Crippen LogP contribution < -0.4 is 0 Å². The SMILES string of the molecule is C=C1CN(Cc2ccccc2)C(c2ccc(C#N)cc2)CC1(C(=O)OC)C(=O)OC. The summed E-state index contributed by atoms with van der Waals surface area (Å²) in [6.07, 6.45) is 0.143. The number of hydrogen-bond donors (Lipinski definition) is 0. The summed E-state index contributed by atoms with van der Waals surface area (Å²) in [6.45, 7) is 5.00. The first-order valence-electron chi connectivity index (χ1n) is 9.59. The van der Waals surface area contributed by atoms with Gasteiger partial charge in [-0.15, -0.1) is 0 Å². The van der Waals surface area contributed by atoms with E-state index < -0.39 is 17.4 Å². The minimum absolute atomic E-state index is 0.143. The van der Waals surface area contributed by atoms with Crippen molar-refractivity contribution >= 4 is 11.9 Å². The number of methoxy groups -OCH3 is 2. The molecular weight excluding hydrogens is 380 g/mol.